The molecule has 0 heterocycles. The molecular weight excluding hydrogens is 142 g/mol. The molecule has 0 amide bonds. The lowest BCUT2D eigenvalue weighted by Gasteiger charge is -1.93. The van der Waals surface area contributed by atoms with E-state index in [1.807, 2.05) is 0 Å². The second-order valence-electron chi connectivity index (χ2n) is 2.48. The molecule has 0 aromatic heterocycles. The summed E-state index contributed by atoms with van der Waals surface area (Å²) in [6.45, 7) is 2.28. The van der Waals surface area contributed by atoms with Crippen molar-refractivity contribution < 1.29 is 9.90 Å². The first-order valence-corrected chi connectivity index (χ1v) is 3.78. The molecule has 64 valence electrons. The summed E-state index contributed by atoms with van der Waals surface area (Å²) in [7, 11) is 0. The summed E-state index contributed by atoms with van der Waals surface area (Å²) < 4.78 is 0. The number of nitrogens with two attached hydrogens (primary N) is 1. The highest BCUT2D eigenvalue weighted by molar-refractivity contribution is 5.85. The SMILES string of the molecule is C/C(=C\CCCCN)C(=O)O. The Balaban J connectivity index is 3.48. The number of hydrogen-bond acceptors (Lipinski definition) is 2. The molecule has 0 aliphatic carbocycles. The smallest absolute Gasteiger partial charge is 0.330 e. The van der Waals surface area contributed by atoms with Crippen molar-refractivity contribution in [1.29, 1.82) is 0 Å². The van der Waals surface area contributed by atoms with E-state index in [0.717, 1.165) is 19.3 Å². The molecule has 0 rings (SSSR count). The van der Waals surface area contributed by atoms with Gasteiger partial charge in [-0.25, -0.2) is 4.79 Å². The quantitative estimate of drug-likeness (QED) is 0.464. The van der Waals surface area contributed by atoms with Crippen molar-refractivity contribution in [2.24, 2.45) is 5.73 Å². The standard InChI is InChI=1S/C8H15NO2/c1-7(8(10)11)5-3-2-4-6-9/h5H,2-4,6,9H2,1H3,(H,10,11)/b7-5+. The Morgan fingerprint density at radius 1 is 1.55 bits per heavy atom. The van der Waals surface area contributed by atoms with Gasteiger partial charge in [0.1, 0.15) is 0 Å². The first kappa shape index (κ1) is 10.2. The van der Waals surface area contributed by atoms with E-state index < -0.39 is 5.97 Å². The van der Waals surface area contributed by atoms with Crippen LogP contribution in [-0.2, 0) is 4.79 Å². The highest BCUT2D eigenvalue weighted by Crippen LogP contribution is 2.00. The molecule has 0 saturated carbocycles. The van der Waals surface area contributed by atoms with E-state index in [9.17, 15) is 4.79 Å². The van der Waals surface area contributed by atoms with E-state index in [2.05, 4.69) is 0 Å². The van der Waals surface area contributed by atoms with Crippen LogP contribution in [0.5, 0.6) is 0 Å². The number of unbranched alkanes of at least 4 members (excludes halogenated alkanes) is 2. The predicted octanol–water partition coefficient (Wildman–Crippen LogP) is 1.15. The Hall–Kier alpha value is -0.830. The number of carboxylic acid groups (broad SMARTS) is 1. The summed E-state index contributed by atoms with van der Waals surface area (Å²) in [5.41, 5.74) is 5.69. The second kappa shape index (κ2) is 5.92. The number of allylic oxidation sites excluding steroid dienone is 1. The number of aliphatic carboxylic acids is 1. The van der Waals surface area contributed by atoms with Gasteiger partial charge in [-0.3, -0.25) is 0 Å². The summed E-state index contributed by atoms with van der Waals surface area (Å²) in [5, 5.41) is 8.45. The summed E-state index contributed by atoms with van der Waals surface area (Å²) in [6.07, 6.45) is 4.48. The normalized spacial score (nSPS) is 11.6. The average molecular weight is 157 g/mol. The molecule has 3 nitrogen and oxygen atoms in total. The van der Waals surface area contributed by atoms with Crippen molar-refractivity contribution in [3.8, 4) is 0 Å². The van der Waals surface area contributed by atoms with Gasteiger partial charge in [-0.1, -0.05) is 6.08 Å². The molecule has 0 spiro atoms. The lowest BCUT2D eigenvalue weighted by molar-refractivity contribution is -0.132. The fourth-order valence-electron chi connectivity index (χ4n) is 0.695. The number of hydrogen-bond donors (Lipinski definition) is 2. The zero-order valence-corrected chi connectivity index (χ0v) is 6.84. The third-order valence-electron chi connectivity index (χ3n) is 1.45. The molecule has 0 aromatic carbocycles. The van der Waals surface area contributed by atoms with E-state index in [0.29, 0.717) is 12.1 Å². The fourth-order valence-corrected chi connectivity index (χ4v) is 0.695. The van der Waals surface area contributed by atoms with E-state index in [1.54, 1.807) is 13.0 Å². The summed E-state index contributed by atoms with van der Waals surface area (Å²) in [5.74, 6) is -0.835. The monoisotopic (exact) mass is 157 g/mol. The Morgan fingerprint density at radius 3 is 2.64 bits per heavy atom. The lowest BCUT2D eigenvalue weighted by atomic mass is 10.2. The Labute approximate surface area is 66.9 Å². The molecule has 0 saturated heterocycles. The van der Waals surface area contributed by atoms with E-state index in [-0.39, 0.29) is 0 Å². The topological polar surface area (TPSA) is 63.3 Å². The minimum absolute atomic E-state index is 0.419. The maximum absolute atomic E-state index is 10.3. The molecule has 0 radical (unpaired) electrons. The highest BCUT2D eigenvalue weighted by Gasteiger charge is 1.96. The maximum Gasteiger partial charge on any atom is 0.330 e. The van der Waals surface area contributed by atoms with Gasteiger partial charge in [-0.15, -0.1) is 0 Å². The Morgan fingerprint density at radius 2 is 2.18 bits per heavy atom. The van der Waals surface area contributed by atoms with Crippen molar-refractivity contribution in [2.75, 3.05) is 6.54 Å². The van der Waals surface area contributed by atoms with Crippen LogP contribution in [0.25, 0.3) is 0 Å². The molecule has 0 aromatic rings. The van der Waals surface area contributed by atoms with Crippen LogP contribution in [0.3, 0.4) is 0 Å². The fraction of sp³-hybridized carbons (Fsp3) is 0.625. The third-order valence-corrected chi connectivity index (χ3v) is 1.45. The zero-order chi connectivity index (χ0) is 8.69. The largest absolute Gasteiger partial charge is 0.478 e. The van der Waals surface area contributed by atoms with Crippen LogP contribution in [-0.4, -0.2) is 17.6 Å². The van der Waals surface area contributed by atoms with Gasteiger partial charge in [0.2, 0.25) is 0 Å². The van der Waals surface area contributed by atoms with Gasteiger partial charge < -0.3 is 10.8 Å². The van der Waals surface area contributed by atoms with Crippen LogP contribution < -0.4 is 5.73 Å². The molecule has 0 atom stereocenters. The van der Waals surface area contributed by atoms with Crippen LogP contribution in [0.15, 0.2) is 11.6 Å². The van der Waals surface area contributed by atoms with Crippen molar-refractivity contribution in [2.45, 2.75) is 26.2 Å². The van der Waals surface area contributed by atoms with Crippen LogP contribution in [0, 0.1) is 0 Å². The van der Waals surface area contributed by atoms with Crippen LogP contribution >= 0.6 is 0 Å². The minimum atomic E-state index is -0.835. The molecule has 3 N–H and O–H groups in total. The first-order chi connectivity index (χ1) is 5.18. The molecule has 0 unspecified atom stereocenters. The van der Waals surface area contributed by atoms with Gasteiger partial charge in [-0.05, 0) is 32.7 Å². The van der Waals surface area contributed by atoms with Gasteiger partial charge in [0, 0.05) is 5.57 Å². The van der Waals surface area contributed by atoms with Gasteiger partial charge in [-0.2, -0.15) is 0 Å². The molecule has 11 heavy (non-hydrogen) atoms. The third kappa shape index (κ3) is 5.61. The Bertz CT molecular complexity index is 152. The molecular formula is C8H15NO2. The van der Waals surface area contributed by atoms with Crippen molar-refractivity contribution in [3.63, 3.8) is 0 Å². The van der Waals surface area contributed by atoms with E-state index in [4.69, 9.17) is 10.8 Å². The first-order valence-electron chi connectivity index (χ1n) is 3.78. The molecule has 3 heteroatoms. The molecule has 0 aliphatic heterocycles. The van der Waals surface area contributed by atoms with Gasteiger partial charge in [0.15, 0.2) is 0 Å². The van der Waals surface area contributed by atoms with E-state index in [1.165, 1.54) is 0 Å². The van der Waals surface area contributed by atoms with Gasteiger partial charge in [0.05, 0.1) is 0 Å². The number of carbonyl (C=O) groups is 1. The van der Waals surface area contributed by atoms with Crippen LogP contribution in [0.2, 0.25) is 0 Å². The number of rotatable bonds is 5. The highest BCUT2D eigenvalue weighted by atomic mass is 16.4. The zero-order valence-electron chi connectivity index (χ0n) is 6.84. The lowest BCUT2D eigenvalue weighted by Crippen LogP contribution is -1.98. The number of carboxylic acids is 1. The summed E-state index contributed by atoms with van der Waals surface area (Å²) in [4.78, 5) is 10.3. The van der Waals surface area contributed by atoms with Crippen molar-refractivity contribution in [1.82, 2.24) is 0 Å². The minimum Gasteiger partial charge on any atom is -0.478 e. The summed E-state index contributed by atoms with van der Waals surface area (Å²) >= 11 is 0. The van der Waals surface area contributed by atoms with E-state index >= 15 is 0 Å². The van der Waals surface area contributed by atoms with Crippen molar-refractivity contribution >= 4 is 5.97 Å². The van der Waals surface area contributed by atoms with Gasteiger partial charge >= 0.3 is 5.97 Å². The molecule has 0 aliphatic rings. The molecule has 0 bridgehead atoms. The van der Waals surface area contributed by atoms with Gasteiger partial charge in [0.25, 0.3) is 0 Å². The maximum atomic E-state index is 10.3. The molecule has 0 fully saturated rings. The second-order valence-corrected chi connectivity index (χ2v) is 2.48. The average Bonchev–Trinajstić information content (AvgIpc) is 1.97. The van der Waals surface area contributed by atoms with Crippen LogP contribution in [0.1, 0.15) is 26.2 Å². The predicted molar refractivity (Wildman–Crippen MR) is 44.3 cm³/mol. The Kier molecular flexibility index (Phi) is 5.47. The summed E-state index contributed by atoms with van der Waals surface area (Å²) in [6, 6.07) is 0. The van der Waals surface area contributed by atoms with Crippen LogP contribution in [0.4, 0.5) is 0 Å². The van der Waals surface area contributed by atoms with Crippen molar-refractivity contribution in [3.05, 3.63) is 11.6 Å².